The first-order chi connectivity index (χ1) is 7.69. The number of hydrogen-bond donors (Lipinski definition) is 1. The first kappa shape index (κ1) is 13.2. The van der Waals surface area contributed by atoms with Crippen molar-refractivity contribution in [1.29, 1.82) is 0 Å². The minimum atomic E-state index is 0.742. The highest BCUT2D eigenvalue weighted by Crippen LogP contribution is 2.11. The lowest BCUT2D eigenvalue weighted by Gasteiger charge is -2.09. The van der Waals surface area contributed by atoms with Crippen LogP contribution in [-0.4, -0.2) is 16.3 Å². The van der Waals surface area contributed by atoms with Gasteiger partial charge in [0.05, 0.1) is 6.20 Å². The fourth-order valence-electron chi connectivity index (χ4n) is 1.84. The van der Waals surface area contributed by atoms with E-state index in [1.165, 1.54) is 17.7 Å². The summed E-state index contributed by atoms with van der Waals surface area (Å²) < 4.78 is 2.17. The van der Waals surface area contributed by atoms with E-state index in [2.05, 4.69) is 42.8 Å². The fourth-order valence-corrected chi connectivity index (χ4v) is 1.84. The molecule has 1 aromatic heterocycles. The second kappa shape index (κ2) is 6.69. The summed E-state index contributed by atoms with van der Waals surface area (Å²) in [6, 6.07) is 0. The Morgan fingerprint density at radius 3 is 2.69 bits per heavy atom. The molecule has 0 spiro atoms. The van der Waals surface area contributed by atoms with Crippen LogP contribution in [0.1, 0.15) is 45.4 Å². The first-order valence-electron chi connectivity index (χ1n) is 6.43. The van der Waals surface area contributed by atoms with Gasteiger partial charge >= 0.3 is 0 Å². The van der Waals surface area contributed by atoms with Crippen LogP contribution in [-0.2, 0) is 19.5 Å². The highest BCUT2D eigenvalue weighted by Gasteiger charge is 2.08. The first-order valence-corrected chi connectivity index (χ1v) is 6.43. The molecule has 1 aromatic rings. The summed E-state index contributed by atoms with van der Waals surface area (Å²) in [6.45, 7) is 11.9. The highest BCUT2D eigenvalue weighted by molar-refractivity contribution is 5.17. The van der Waals surface area contributed by atoms with Gasteiger partial charge in [0.15, 0.2) is 0 Å². The number of nitrogens with one attached hydrogen (secondary N) is 1. The molecule has 0 saturated heterocycles. The van der Waals surface area contributed by atoms with Gasteiger partial charge < -0.3 is 5.32 Å². The molecule has 0 aliphatic rings. The number of aryl methyl sites for hydroxylation is 1. The Bertz CT molecular complexity index is 302. The Labute approximate surface area is 99.2 Å². The number of aromatic nitrogens is 2. The van der Waals surface area contributed by atoms with Gasteiger partial charge in [0.1, 0.15) is 0 Å². The van der Waals surface area contributed by atoms with Gasteiger partial charge in [-0.15, -0.1) is 0 Å². The summed E-state index contributed by atoms with van der Waals surface area (Å²) in [4.78, 5) is 0. The molecule has 0 saturated carbocycles. The third-order valence-electron chi connectivity index (χ3n) is 2.85. The van der Waals surface area contributed by atoms with Crippen LogP contribution in [0.3, 0.4) is 0 Å². The second-order valence-electron chi connectivity index (χ2n) is 4.66. The lowest BCUT2D eigenvalue weighted by Crippen LogP contribution is -2.14. The zero-order valence-electron chi connectivity index (χ0n) is 11.1. The van der Waals surface area contributed by atoms with Gasteiger partial charge in [-0.2, -0.15) is 5.10 Å². The molecular weight excluding hydrogens is 198 g/mol. The molecule has 0 aromatic carbocycles. The van der Waals surface area contributed by atoms with Crippen LogP contribution in [0.5, 0.6) is 0 Å². The van der Waals surface area contributed by atoms with Crippen LogP contribution < -0.4 is 5.32 Å². The molecule has 1 N–H and O–H groups in total. The molecule has 1 heterocycles. The summed E-state index contributed by atoms with van der Waals surface area (Å²) in [6.07, 6.45) is 4.29. The number of nitrogens with zero attached hydrogens (tertiary/aromatic N) is 2. The van der Waals surface area contributed by atoms with Crippen molar-refractivity contribution < 1.29 is 0 Å². The van der Waals surface area contributed by atoms with Gasteiger partial charge in [-0.3, -0.25) is 4.68 Å². The quantitative estimate of drug-likeness (QED) is 0.770. The minimum absolute atomic E-state index is 0.742. The zero-order valence-corrected chi connectivity index (χ0v) is 11.1. The minimum Gasteiger partial charge on any atom is -0.313 e. The molecule has 0 amide bonds. The van der Waals surface area contributed by atoms with E-state index in [0.29, 0.717) is 0 Å². The normalized spacial score (nSPS) is 11.3. The Hall–Kier alpha value is -0.830. The van der Waals surface area contributed by atoms with E-state index < -0.39 is 0 Å². The largest absolute Gasteiger partial charge is 0.313 e. The average Bonchev–Trinajstić information content (AvgIpc) is 2.65. The molecular formula is C13H25N3. The van der Waals surface area contributed by atoms with Crippen LogP contribution in [0.4, 0.5) is 0 Å². The molecule has 0 unspecified atom stereocenters. The van der Waals surface area contributed by atoms with E-state index >= 15 is 0 Å². The predicted molar refractivity (Wildman–Crippen MR) is 68.4 cm³/mol. The van der Waals surface area contributed by atoms with Crippen LogP contribution >= 0.6 is 0 Å². The van der Waals surface area contributed by atoms with Gasteiger partial charge in [0.25, 0.3) is 0 Å². The monoisotopic (exact) mass is 223 g/mol. The smallest absolute Gasteiger partial charge is 0.0537 e. The third-order valence-corrected chi connectivity index (χ3v) is 2.85. The van der Waals surface area contributed by atoms with E-state index in [9.17, 15) is 0 Å². The Kier molecular flexibility index (Phi) is 5.53. The van der Waals surface area contributed by atoms with Crippen LogP contribution in [0.15, 0.2) is 6.20 Å². The molecule has 0 aliphatic carbocycles. The molecule has 0 aliphatic heterocycles. The number of hydrogen-bond acceptors (Lipinski definition) is 2. The van der Waals surface area contributed by atoms with E-state index in [1.807, 2.05) is 6.20 Å². The zero-order chi connectivity index (χ0) is 12.0. The lowest BCUT2D eigenvalue weighted by atomic mass is 10.1. The molecule has 16 heavy (non-hydrogen) atoms. The van der Waals surface area contributed by atoms with Gasteiger partial charge in [-0.05, 0) is 25.3 Å². The maximum absolute atomic E-state index is 4.49. The highest BCUT2D eigenvalue weighted by atomic mass is 15.3. The predicted octanol–water partition coefficient (Wildman–Crippen LogP) is 2.60. The molecule has 1 rings (SSSR count). The van der Waals surface area contributed by atoms with Crippen molar-refractivity contribution in [3.8, 4) is 0 Å². The van der Waals surface area contributed by atoms with E-state index in [0.717, 1.165) is 32.0 Å². The van der Waals surface area contributed by atoms with Crippen molar-refractivity contribution >= 4 is 0 Å². The SMILES string of the molecule is CCNCc1cnn(CCC(C)C)c1CC. The van der Waals surface area contributed by atoms with Gasteiger partial charge in [-0.25, -0.2) is 0 Å². The van der Waals surface area contributed by atoms with Crippen molar-refractivity contribution in [1.82, 2.24) is 15.1 Å². The Morgan fingerprint density at radius 2 is 2.12 bits per heavy atom. The van der Waals surface area contributed by atoms with E-state index in [-0.39, 0.29) is 0 Å². The topological polar surface area (TPSA) is 29.9 Å². The number of rotatable bonds is 7. The summed E-state index contributed by atoms with van der Waals surface area (Å²) in [5, 5.41) is 7.85. The van der Waals surface area contributed by atoms with Crippen molar-refractivity contribution in [3.05, 3.63) is 17.5 Å². The molecule has 92 valence electrons. The molecule has 0 radical (unpaired) electrons. The van der Waals surface area contributed by atoms with Crippen molar-refractivity contribution in [3.63, 3.8) is 0 Å². The van der Waals surface area contributed by atoms with Gasteiger partial charge in [0, 0.05) is 24.3 Å². The Morgan fingerprint density at radius 1 is 1.38 bits per heavy atom. The molecule has 0 atom stereocenters. The van der Waals surface area contributed by atoms with Crippen LogP contribution in [0.25, 0.3) is 0 Å². The van der Waals surface area contributed by atoms with Gasteiger partial charge in [-0.1, -0.05) is 27.7 Å². The van der Waals surface area contributed by atoms with E-state index in [1.54, 1.807) is 0 Å². The van der Waals surface area contributed by atoms with Crippen molar-refractivity contribution in [2.24, 2.45) is 5.92 Å². The van der Waals surface area contributed by atoms with Crippen molar-refractivity contribution in [2.45, 2.75) is 53.6 Å². The van der Waals surface area contributed by atoms with E-state index in [4.69, 9.17) is 0 Å². The average molecular weight is 223 g/mol. The second-order valence-corrected chi connectivity index (χ2v) is 4.66. The third kappa shape index (κ3) is 3.63. The summed E-state index contributed by atoms with van der Waals surface area (Å²) in [7, 11) is 0. The fraction of sp³-hybridized carbons (Fsp3) is 0.769. The van der Waals surface area contributed by atoms with Crippen LogP contribution in [0, 0.1) is 5.92 Å². The standard InChI is InChI=1S/C13H25N3/c1-5-13-12(9-14-6-2)10-15-16(13)8-7-11(3)4/h10-11,14H,5-9H2,1-4H3. The van der Waals surface area contributed by atoms with Crippen molar-refractivity contribution in [2.75, 3.05) is 6.54 Å². The summed E-state index contributed by atoms with van der Waals surface area (Å²) in [5.74, 6) is 0.742. The maximum Gasteiger partial charge on any atom is 0.0537 e. The molecule has 0 bridgehead atoms. The summed E-state index contributed by atoms with van der Waals surface area (Å²) in [5.41, 5.74) is 2.75. The maximum atomic E-state index is 4.49. The van der Waals surface area contributed by atoms with Crippen LogP contribution in [0.2, 0.25) is 0 Å². The molecule has 0 fully saturated rings. The Balaban J connectivity index is 2.66. The van der Waals surface area contributed by atoms with Gasteiger partial charge in [0.2, 0.25) is 0 Å². The lowest BCUT2D eigenvalue weighted by molar-refractivity contribution is 0.476. The molecule has 3 nitrogen and oxygen atoms in total. The molecule has 3 heteroatoms. The summed E-state index contributed by atoms with van der Waals surface area (Å²) >= 11 is 0.